The molecule has 0 fully saturated rings. The summed E-state index contributed by atoms with van der Waals surface area (Å²) in [6.07, 6.45) is 0.818. The highest BCUT2D eigenvalue weighted by Gasteiger charge is 2.31. The van der Waals surface area contributed by atoms with Gasteiger partial charge in [-0.3, -0.25) is 4.79 Å². The Hall–Kier alpha value is -4.26. The first-order chi connectivity index (χ1) is 19.3. The molecule has 0 spiro atoms. The standard InChI is InChI=1S/C33H37N3O4/c1-7-25-16-21(2)17-28-22(3)20-40-31-30(29(25)28)33(37)35(4)34-32(31)36(18-23-8-12-26(38-5)13-9-23)19-24-10-14-27(39-6)15-11-24/h8-17,22H,7,18-20H2,1-6H3. The van der Waals surface area contributed by atoms with E-state index in [4.69, 9.17) is 19.3 Å². The molecule has 0 amide bonds. The number of nitrogens with zero attached hydrogens (tertiary/aromatic N) is 3. The lowest BCUT2D eigenvalue weighted by Crippen LogP contribution is -2.30. The van der Waals surface area contributed by atoms with Crippen molar-refractivity contribution < 1.29 is 14.2 Å². The van der Waals surface area contributed by atoms with E-state index in [0.717, 1.165) is 45.7 Å². The molecule has 4 aromatic rings. The quantitative estimate of drug-likeness (QED) is 0.272. The average molecular weight is 540 g/mol. The zero-order valence-corrected chi connectivity index (χ0v) is 24.2. The molecule has 7 nitrogen and oxygen atoms in total. The van der Waals surface area contributed by atoms with Crippen molar-refractivity contribution in [3.8, 4) is 28.4 Å². The number of anilines is 1. The van der Waals surface area contributed by atoms with Gasteiger partial charge in [0, 0.05) is 26.1 Å². The van der Waals surface area contributed by atoms with E-state index in [1.54, 1.807) is 21.3 Å². The molecule has 0 aliphatic carbocycles. The van der Waals surface area contributed by atoms with Crippen LogP contribution in [0.15, 0.2) is 65.5 Å². The molecule has 1 unspecified atom stereocenters. The van der Waals surface area contributed by atoms with Gasteiger partial charge in [-0.15, -0.1) is 5.10 Å². The number of methoxy groups -OCH3 is 2. The molecule has 1 aliphatic heterocycles. The van der Waals surface area contributed by atoms with Gasteiger partial charge in [0.25, 0.3) is 5.56 Å². The Labute approximate surface area is 235 Å². The van der Waals surface area contributed by atoms with Crippen molar-refractivity contribution in [2.45, 2.75) is 46.2 Å². The Kier molecular flexibility index (Phi) is 7.83. The maximum atomic E-state index is 13.8. The minimum atomic E-state index is -0.151. The lowest BCUT2D eigenvalue weighted by atomic mass is 9.87. The molecule has 208 valence electrons. The molecule has 5 rings (SSSR count). The largest absolute Gasteiger partial charge is 0.497 e. The van der Waals surface area contributed by atoms with E-state index in [1.807, 2.05) is 24.3 Å². The third kappa shape index (κ3) is 5.28. The normalized spacial score (nSPS) is 14.0. The second kappa shape index (κ2) is 11.5. The minimum Gasteiger partial charge on any atom is -0.497 e. The van der Waals surface area contributed by atoms with Crippen molar-refractivity contribution in [2.24, 2.45) is 7.05 Å². The maximum Gasteiger partial charge on any atom is 0.278 e. The van der Waals surface area contributed by atoms with Crippen molar-refractivity contribution in [1.29, 1.82) is 0 Å². The van der Waals surface area contributed by atoms with E-state index >= 15 is 0 Å². The van der Waals surface area contributed by atoms with Crippen LogP contribution in [0.4, 0.5) is 5.82 Å². The van der Waals surface area contributed by atoms with E-state index in [1.165, 1.54) is 10.2 Å². The summed E-state index contributed by atoms with van der Waals surface area (Å²) < 4.78 is 18.7. The van der Waals surface area contributed by atoms with Crippen LogP contribution in [0.1, 0.15) is 47.6 Å². The number of aromatic nitrogens is 2. The third-order valence-corrected chi connectivity index (χ3v) is 7.58. The van der Waals surface area contributed by atoms with Crippen LogP contribution >= 0.6 is 0 Å². The molecule has 7 heteroatoms. The number of hydrogen-bond acceptors (Lipinski definition) is 6. The highest BCUT2D eigenvalue weighted by Crippen LogP contribution is 2.44. The van der Waals surface area contributed by atoms with Gasteiger partial charge in [-0.2, -0.15) is 0 Å². The molecule has 40 heavy (non-hydrogen) atoms. The summed E-state index contributed by atoms with van der Waals surface area (Å²) in [5, 5.41) is 4.81. The molecule has 0 bridgehead atoms. The van der Waals surface area contributed by atoms with Crippen molar-refractivity contribution in [1.82, 2.24) is 9.78 Å². The Morgan fingerprint density at radius 3 is 2.05 bits per heavy atom. The second-order valence-corrected chi connectivity index (χ2v) is 10.5. The number of rotatable bonds is 8. The van der Waals surface area contributed by atoms with Gasteiger partial charge in [-0.05, 0) is 65.4 Å². The monoisotopic (exact) mass is 539 g/mol. The van der Waals surface area contributed by atoms with Gasteiger partial charge < -0.3 is 19.1 Å². The number of ether oxygens (including phenoxy) is 3. The predicted octanol–water partition coefficient (Wildman–Crippen LogP) is 6.04. The zero-order valence-electron chi connectivity index (χ0n) is 24.2. The minimum absolute atomic E-state index is 0.127. The van der Waals surface area contributed by atoms with Crippen LogP contribution in [0.3, 0.4) is 0 Å². The van der Waals surface area contributed by atoms with Gasteiger partial charge in [0.2, 0.25) is 0 Å². The highest BCUT2D eigenvalue weighted by atomic mass is 16.5. The molecule has 1 aromatic heterocycles. The van der Waals surface area contributed by atoms with E-state index in [9.17, 15) is 4.79 Å². The third-order valence-electron chi connectivity index (χ3n) is 7.58. The van der Waals surface area contributed by atoms with Gasteiger partial charge in [-0.25, -0.2) is 4.68 Å². The van der Waals surface area contributed by atoms with Crippen LogP contribution in [-0.2, 0) is 26.6 Å². The molecule has 1 atom stereocenters. The maximum absolute atomic E-state index is 13.8. The first kappa shape index (κ1) is 27.3. The topological polar surface area (TPSA) is 65.8 Å². The van der Waals surface area contributed by atoms with Gasteiger partial charge in [0.05, 0.1) is 26.4 Å². The van der Waals surface area contributed by atoms with Crippen LogP contribution in [0.2, 0.25) is 0 Å². The van der Waals surface area contributed by atoms with E-state index in [-0.39, 0.29) is 11.5 Å². The molecule has 0 radical (unpaired) electrons. The Morgan fingerprint density at radius 1 is 0.950 bits per heavy atom. The van der Waals surface area contributed by atoms with Gasteiger partial charge in [0.15, 0.2) is 11.6 Å². The predicted molar refractivity (Wildman–Crippen MR) is 159 cm³/mol. The van der Waals surface area contributed by atoms with Crippen LogP contribution in [-0.4, -0.2) is 30.6 Å². The van der Waals surface area contributed by atoms with Crippen LogP contribution < -0.4 is 24.7 Å². The van der Waals surface area contributed by atoms with Crippen molar-refractivity contribution in [2.75, 3.05) is 25.7 Å². The Balaban J connectivity index is 1.70. The molecule has 0 N–H and O–H groups in total. The average Bonchev–Trinajstić information content (AvgIpc) is 3.11. The van der Waals surface area contributed by atoms with Crippen molar-refractivity contribution in [3.63, 3.8) is 0 Å². The fourth-order valence-electron chi connectivity index (χ4n) is 5.44. The number of benzene rings is 3. The van der Waals surface area contributed by atoms with Crippen molar-refractivity contribution >= 4 is 5.82 Å². The summed E-state index contributed by atoms with van der Waals surface area (Å²) >= 11 is 0. The summed E-state index contributed by atoms with van der Waals surface area (Å²) in [4.78, 5) is 16.0. The first-order valence-electron chi connectivity index (χ1n) is 13.7. The van der Waals surface area contributed by atoms with E-state index in [2.05, 4.69) is 62.1 Å². The van der Waals surface area contributed by atoms with E-state index < -0.39 is 0 Å². The molecule has 3 aromatic carbocycles. The molecular weight excluding hydrogens is 502 g/mol. The van der Waals surface area contributed by atoms with Gasteiger partial charge in [-0.1, -0.05) is 55.8 Å². The lowest BCUT2D eigenvalue weighted by molar-refractivity contribution is 0.298. The summed E-state index contributed by atoms with van der Waals surface area (Å²) in [5.74, 6) is 2.93. The SMILES string of the molecule is CCc1cc(C)cc2c1-c1c(c(N(Cc3ccc(OC)cc3)Cc3ccc(OC)cc3)nn(C)c1=O)OCC2C. The summed E-state index contributed by atoms with van der Waals surface area (Å²) in [6.45, 7) is 8.00. The fourth-order valence-corrected chi connectivity index (χ4v) is 5.44. The molecule has 1 aliphatic rings. The molecule has 2 heterocycles. The number of hydrogen-bond donors (Lipinski definition) is 0. The fraction of sp³-hybridized carbons (Fsp3) is 0.333. The molecular formula is C33H37N3O4. The summed E-state index contributed by atoms with van der Waals surface area (Å²) in [5.41, 5.74) is 7.11. The number of aryl methyl sites for hydroxylation is 3. The first-order valence-corrected chi connectivity index (χ1v) is 13.7. The van der Waals surface area contributed by atoms with Crippen LogP contribution in [0, 0.1) is 6.92 Å². The summed E-state index contributed by atoms with van der Waals surface area (Å²) in [6, 6.07) is 20.4. The second-order valence-electron chi connectivity index (χ2n) is 10.5. The summed E-state index contributed by atoms with van der Waals surface area (Å²) in [7, 11) is 5.05. The molecule has 0 saturated carbocycles. The Bertz CT molecular complexity index is 1510. The Morgan fingerprint density at radius 2 is 1.52 bits per heavy atom. The zero-order chi connectivity index (χ0) is 28.4. The van der Waals surface area contributed by atoms with Crippen LogP contribution in [0.5, 0.6) is 17.2 Å². The number of fused-ring (bicyclic) bond motifs is 3. The van der Waals surface area contributed by atoms with Gasteiger partial charge in [0.1, 0.15) is 11.5 Å². The van der Waals surface area contributed by atoms with Crippen molar-refractivity contribution in [3.05, 3.63) is 98.8 Å². The molecule has 0 saturated heterocycles. The smallest absolute Gasteiger partial charge is 0.278 e. The van der Waals surface area contributed by atoms with Gasteiger partial charge >= 0.3 is 0 Å². The highest BCUT2D eigenvalue weighted by molar-refractivity contribution is 5.81. The van der Waals surface area contributed by atoms with E-state index in [0.29, 0.717) is 36.8 Å². The lowest BCUT2D eigenvalue weighted by Gasteiger charge is -2.27. The van der Waals surface area contributed by atoms with Crippen LogP contribution in [0.25, 0.3) is 11.1 Å².